The predicted molar refractivity (Wildman–Crippen MR) is 157 cm³/mol. The Morgan fingerprint density at radius 1 is 1.08 bits per heavy atom. The smallest absolute Gasteiger partial charge is 0.308 e. The number of benzene rings is 2. The molecule has 2 aromatic carbocycles. The zero-order valence-electron chi connectivity index (χ0n) is 22.4. The van der Waals surface area contributed by atoms with Gasteiger partial charge in [-0.1, -0.05) is 19.3 Å². The van der Waals surface area contributed by atoms with Gasteiger partial charge >= 0.3 is 5.97 Å². The highest BCUT2D eigenvalue weighted by Gasteiger charge is 2.26. The maximum atomic E-state index is 13.1. The first-order valence-corrected chi connectivity index (χ1v) is 14.2. The Morgan fingerprint density at radius 2 is 1.76 bits per heavy atom. The van der Waals surface area contributed by atoms with Crippen LogP contribution in [0.2, 0.25) is 0 Å². The van der Waals surface area contributed by atoms with E-state index in [0.29, 0.717) is 17.0 Å². The highest BCUT2D eigenvalue weighted by Crippen LogP contribution is 2.30. The number of nitrogens with zero attached hydrogens (tertiary/aromatic N) is 3. The summed E-state index contributed by atoms with van der Waals surface area (Å²) in [5.41, 5.74) is 2.07. The van der Waals surface area contributed by atoms with Crippen molar-refractivity contribution in [3.8, 4) is 0 Å². The van der Waals surface area contributed by atoms with Gasteiger partial charge in [0.1, 0.15) is 5.60 Å². The van der Waals surface area contributed by atoms with Crippen LogP contribution in [0.5, 0.6) is 0 Å². The number of fused-ring (bicyclic) bond motifs is 1. The van der Waals surface area contributed by atoms with Gasteiger partial charge in [0.05, 0.1) is 17.5 Å². The topological polar surface area (TPSA) is 93.5 Å². The van der Waals surface area contributed by atoms with Gasteiger partial charge in [-0.25, -0.2) is 4.98 Å². The molecule has 0 radical (unpaired) electrons. The summed E-state index contributed by atoms with van der Waals surface area (Å²) in [6.07, 6.45) is 5.36. The second-order valence-corrected chi connectivity index (χ2v) is 12.0. The van der Waals surface area contributed by atoms with Crippen LogP contribution >= 0.6 is 22.6 Å². The van der Waals surface area contributed by atoms with E-state index in [1.807, 2.05) is 55.7 Å². The highest BCUT2D eigenvalue weighted by molar-refractivity contribution is 14.1. The van der Waals surface area contributed by atoms with E-state index in [4.69, 9.17) is 9.72 Å². The molecule has 1 aliphatic carbocycles. The predicted octanol–water partition coefficient (Wildman–Crippen LogP) is 6.17. The first-order chi connectivity index (χ1) is 18.0. The molecule has 0 aliphatic heterocycles. The van der Waals surface area contributed by atoms with Crippen molar-refractivity contribution in [2.24, 2.45) is 5.92 Å². The minimum atomic E-state index is -0.583. The Hall–Kier alpha value is -2.95. The summed E-state index contributed by atoms with van der Waals surface area (Å²) in [6, 6.07) is 12.9. The van der Waals surface area contributed by atoms with Gasteiger partial charge in [-0.2, -0.15) is 0 Å². The number of imidazole rings is 1. The molecule has 38 heavy (non-hydrogen) atoms. The fourth-order valence-corrected chi connectivity index (χ4v) is 5.13. The molecule has 0 atom stereocenters. The third-order valence-electron chi connectivity index (χ3n) is 6.70. The standard InChI is InChI=1S/C29H35IN4O4/c1-29(2,3)38-25(35)16-17-34-24-15-14-22(33(4)27(37)20-8-6-5-7-9-20)18-23(24)31-28(34)32-26(36)19-10-12-21(30)13-11-19/h10-15,18,20H,5-9,16-17H2,1-4H3,(H,31,32,36). The number of anilines is 2. The molecule has 0 spiro atoms. The van der Waals surface area contributed by atoms with E-state index in [-0.39, 0.29) is 36.7 Å². The summed E-state index contributed by atoms with van der Waals surface area (Å²) < 4.78 is 8.33. The molecule has 4 rings (SSSR count). The summed E-state index contributed by atoms with van der Waals surface area (Å²) in [5, 5.41) is 2.91. The van der Waals surface area contributed by atoms with Gasteiger partial charge in [0.15, 0.2) is 0 Å². The molecule has 2 amide bonds. The summed E-state index contributed by atoms with van der Waals surface area (Å²) in [6.45, 7) is 5.77. The van der Waals surface area contributed by atoms with Crippen LogP contribution < -0.4 is 10.2 Å². The number of esters is 1. The highest BCUT2D eigenvalue weighted by atomic mass is 127. The van der Waals surface area contributed by atoms with Gasteiger partial charge < -0.3 is 14.2 Å². The molecule has 1 aromatic heterocycles. The van der Waals surface area contributed by atoms with Crippen molar-refractivity contribution in [2.75, 3.05) is 17.3 Å². The average Bonchev–Trinajstić information content (AvgIpc) is 3.22. The Kier molecular flexibility index (Phi) is 8.74. The maximum absolute atomic E-state index is 13.1. The first kappa shape index (κ1) is 28.1. The van der Waals surface area contributed by atoms with Crippen molar-refractivity contribution >= 4 is 63.0 Å². The molecule has 202 valence electrons. The first-order valence-electron chi connectivity index (χ1n) is 13.1. The summed E-state index contributed by atoms with van der Waals surface area (Å²) in [4.78, 5) is 45.0. The molecule has 0 bridgehead atoms. The number of aromatic nitrogens is 2. The normalized spacial score (nSPS) is 14.3. The van der Waals surface area contributed by atoms with Crippen molar-refractivity contribution < 1.29 is 19.1 Å². The molecular formula is C29H35IN4O4. The quantitative estimate of drug-likeness (QED) is 0.249. The number of carbonyl (C=O) groups excluding carboxylic acids is 3. The van der Waals surface area contributed by atoms with E-state index in [1.165, 1.54) is 6.42 Å². The van der Waals surface area contributed by atoms with Gasteiger partial charge in [-0.05, 0) is 98.7 Å². The molecule has 9 heteroatoms. The third kappa shape index (κ3) is 6.92. The van der Waals surface area contributed by atoms with Crippen LogP contribution in [0.25, 0.3) is 11.0 Å². The molecular weight excluding hydrogens is 595 g/mol. The molecule has 1 saturated carbocycles. The summed E-state index contributed by atoms with van der Waals surface area (Å²) in [7, 11) is 1.80. The fourth-order valence-electron chi connectivity index (χ4n) is 4.77. The van der Waals surface area contributed by atoms with Crippen LogP contribution in [-0.2, 0) is 20.9 Å². The number of hydrogen-bond acceptors (Lipinski definition) is 5. The van der Waals surface area contributed by atoms with Crippen LogP contribution in [-0.4, -0.2) is 40.0 Å². The van der Waals surface area contributed by atoms with Crippen LogP contribution in [0.4, 0.5) is 11.6 Å². The van der Waals surface area contributed by atoms with Gasteiger partial charge in [-0.3, -0.25) is 19.7 Å². The van der Waals surface area contributed by atoms with E-state index in [0.717, 1.165) is 40.5 Å². The minimum Gasteiger partial charge on any atom is -0.460 e. The lowest BCUT2D eigenvalue weighted by atomic mass is 9.88. The summed E-state index contributed by atoms with van der Waals surface area (Å²) >= 11 is 2.19. The van der Waals surface area contributed by atoms with Gasteiger partial charge in [0.2, 0.25) is 11.9 Å². The lowest BCUT2D eigenvalue weighted by Crippen LogP contribution is -2.33. The van der Waals surface area contributed by atoms with Crippen LogP contribution in [0.3, 0.4) is 0 Å². The number of amides is 2. The SMILES string of the molecule is CN(C(=O)C1CCCCC1)c1ccc2c(c1)nc(NC(=O)c1ccc(I)cc1)n2CCC(=O)OC(C)(C)C. The van der Waals surface area contributed by atoms with E-state index in [1.54, 1.807) is 24.1 Å². The largest absolute Gasteiger partial charge is 0.460 e. The molecule has 0 unspecified atom stereocenters. The number of nitrogens with one attached hydrogen (secondary N) is 1. The van der Waals surface area contributed by atoms with Crippen LogP contribution in [0.15, 0.2) is 42.5 Å². The number of aryl methyl sites for hydroxylation is 1. The van der Waals surface area contributed by atoms with Gasteiger partial charge in [-0.15, -0.1) is 0 Å². The molecule has 3 aromatic rings. The lowest BCUT2D eigenvalue weighted by molar-refractivity contribution is -0.155. The van der Waals surface area contributed by atoms with Crippen molar-refractivity contribution in [1.29, 1.82) is 0 Å². The molecule has 1 fully saturated rings. The third-order valence-corrected chi connectivity index (χ3v) is 7.41. The number of halogens is 1. The van der Waals surface area contributed by atoms with Crippen molar-refractivity contribution in [3.05, 3.63) is 51.6 Å². The number of hydrogen-bond donors (Lipinski definition) is 1. The van der Waals surface area contributed by atoms with Crippen molar-refractivity contribution in [1.82, 2.24) is 9.55 Å². The van der Waals surface area contributed by atoms with Crippen molar-refractivity contribution in [2.45, 2.75) is 71.4 Å². The minimum absolute atomic E-state index is 0.0552. The molecule has 0 saturated heterocycles. The Balaban J connectivity index is 1.62. The van der Waals surface area contributed by atoms with Crippen LogP contribution in [0.1, 0.15) is 69.7 Å². The van der Waals surface area contributed by atoms with E-state index >= 15 is 0 Å². The van der Waals surface area contributed by atoms with E-state index in [2.05, 4.69) is 27.9 Å². The monoisotopic (exact) mass is 630 g/mol. The molecule has 1 aliphatic rings. The Bertz CT molecular complexity index is 1320. The van der Waals surface area contributed by atoms with Gasteiger partial charge in [0.25, 0.3) is 5.91 Å². The number of carbonyl (C=O) groups is 3. The summed E-state index contributed by atoms with van der Waals surface area (Å²) in [5.74, 6) is -0.102. The van der Waals surface area contributed by atoms with Gasteiger partial charge in [0, 0.05) is 34.3 Å². The van der Waals surface area contributed by atoms with Crippen molar-refractivity contribution in [3.63, 3.8) is 0 Å². The second-order valence-electron chi connectivity index (χ2n) is 10.8. The average molecular weight is 631 g/mol. The second kappa shape index (κ2) is 11.8. The molecule has 1 N–H and O–H groups in total. The zero-order valence-corrected chi connectivity index (χ0v) is 24.6. The molecule has 8 nitrogen and oxygen atoms in total. The molecule has 1 heterocycles. The number of rotatable bonds is 7. The maximum Gasteiger partial charge on any atom is 0.308 e. The zero-order chi connectivity index (χ0) is 27.4. The fraction of sp³-hybridized carbons (Fsp3) is 0.448. The number of ether oxygens (including phenoxy) is 1. The van der Waals surface area contributed by atoms with Crippen LogP contribution in [0, 0.1) is 9.49 Å². The Labute approximate surface area is 237 Å². The van der Waals surface area contributed by atoms with E-state index < -0.39 is 5.60 Å². The van der Waals surface area contributed by atoms with E-state index in [9.17, 15) is 14.4 Å². The Morgan fingerprint density at radius 3 is 2.42 bits per heavy atom. The lowest BCUT2D eigenvalue weighted by Gasteiger charge is -2.26.